The summed E-state index contributed by atoms with van der Waals surface area (Å²) in [4.78, 5) is 0. The van der Waals surface area contributed by atoms with Crippen molar-refractivity contribution in [3.05, 3.63) is 138 Å². The Morgan fingerprint density at radius 3 is 1.92 bits per heavy atom. The summed E-state index contributed by atoms with van der Waals surface area (Å²) in [7, 11) is 0. The van der Waals surface area contributed by atoms with E-state index in [1.165, 1.54) is 77.2 Å². The van der Waals surface area contributed by atoms with Crippen LogP contribution in [0.25, 0.3) is 61.0 Å². The van der Waals surface area contributed by atoms with Gasteiger partial charge in [0.2, 0.25) is 0 Å². The Bertz CT molecular complexity index is 1970. The number of hydrogen-bond donors (Lipinski definition) is 0. The van der Waals surface area contributed by atoms with Crippen LogP contribution < -0.4 is 0 Å². The van der Waals surface area contributed by atoms with Crippen molar-refractivity contribution < 1.29 is 0 Å². The van der Waals surface area contributed by atoms with Gasteiger partial charge in [0.05, 0.1) is 0 Å². The molecule has 0 heterocycles. The van der Waals surface area contributed by atoms with Crippen LogP contribution in [0.1, 0.15) is 42.5 Å². The first-order valence-corrected chi connectivity index (χ1v) is 14.1. The van der Waals surface area contributed by atoms with Crippen LogP contribution in [0.4, 0.5) is 0 Å². The first-order valence-electron chi connectivity index (χ1n) is 14.1. The highest BCUT2D eigenvalue weighted by molar-refractivity contribution is 6.16. The lowest BCUT2D eigenvalue weighted by Gasteiger charge is -2.26. The molecule has 6 aromatic rings. The van der Waals surface area contributed by atoms with E-state index in [0.717, 1.165) is 12.8 Å². The standard InChI is InChI=1S/C39H30/c1-39(2)34-23-13-12-22-32(34)38-27-17-7-6-16-26(27)33(24-35(38)39)37-30-20-10-8-18-28(30)36(25-14-4-3-5-15-25)29-19-9-11-21-31(29)37/h3-10,12-20,22-24H,11,21H2,1-2H3. The van der Waals surface area contributed by atoms with Gasteiger partial charge in [-0.2, -0.15) is 0 Å². The second kappa shape index (κ2) is 8.29. The molecule has 0 nitrogen and oxygen atoms in total. The third-order valence-corrected chi connectivity index (χ3v) is 9.13. The largest absolute Gasteiger partial charge is 0.0836 e. The van der Waals surface area contributed by atoms with Gasteiger partial charge in [-0.05, 0) is 96.1 Å². The Balaban J connectivity index is 1.54. The van der Waals surface area contributed by atoms with Gasteiger partial charge in [-0.1, -0.05) is 129 Å². The molecule has 0 spiro atoms. The Morgan fingerprint density at radius 1 is 0.538 bits per heavy atom. The Morgan fingerprint density at radius 2 is 1.15 bits per heavy atom. The molecule has 0 N–H and O–H groups in total. The molecule has 0 bridgehead atoms. The predicted octanol–water partition coefficient (Wildman–Crippen LogP) is 10.6. The highest BCUT2D eigenvalue weighted by Crippen LogP contribution is 2.54. The van der Waals surface area contributed by atoms with Gasteiger partial charge < -0.3 is 0 Å². The summed E-state index contributed by atoms with van der Waals surface area (Å²) in [6, 6.07) is 40.6. The van der Waals surface area contributed by atoms with Crippen LogP contribution in [0.5, 0.6) is 0 Å². The molecule has 0 radical (unpaired) electrons. The van der Waals surface area contributed by atoms with Crippen LogP contribution in [0.2, 0.25) is 0 Å². The SMILES string of the molecule is CC1(C)c2ccccc2-c2c1cc(-c1c3c(c(-c4ccccc4)c4ccccc14)C=CCC3)c1ccccc21. The second-order valence-corrected chi connectivity index (χ2v) is 11.6. The molecule has 0 aliphatic heterocycles. The minimum atomic E-state index is -0.0511. The van der Waals surface area contributed by atoms with Crippen LogP contribution in [-0.2, 0) is 11.8 Å². The van der Waals surface area contributed by atoms with Crippen molar-refractivity contribution in [3.63, 3.8) is 0 Å². The zero-order valence-electron chi connectivity index (χ0n) is 22.5. The summed E-state index contributed by atoms with van der Waals surface area (Å²) in [5.74, 6) is 0. The lowest BCUT2D eigenvalue weighted by molar-refractivity contribution is 0.661. The maximum Gasteiger partial charge on any atom is 0.0159 e. The molecule has 6 aromatic carbocycles. The Hall–Kier alpha value is -4.42. The zero-order valence-corrected chi connectivity index (χ0v) is 22.5. The average Bonchev–Trinajstić information content (AvgIpc) is 3.22. The first kappa shape index (κ1) is 22.6. The molecule has 0 fully saturated rings. The molecule has 0 saturated heterocycles. The van der Waals surface area contributed by atoms with Crippen molar-refractivity contribution in [1.29, 1.82) is 0 Å². The molecule has 0 amide bonds. The second-order valence-electron chi connectivity index (χ2n) is 11.6. The summed E-state index contributed by atoms with van der Waals surface area (Å²) in [6.07, 6.45) is 6.87. The van der Waals surface area contributed by atoms with E-state index in [-0.39, 0.29) is 5.41 Å². The summed E-state index contributed by atoms with van der Waals surface area (Å²) in [6.45, 7) is 4.79. The third kappa shape index (κ3) is 3.12. The molecule has 0 saturated carbocycles. The highest BCUT2D eigenvalue weighted by atomic mass is 14.4. The van der Waals surface area contributed by atoms with E-state index >= 15 is 0 Å². The molecule has 2 aliphatic rings. The van der Waals surface area contributed by atoms with Crippen molar-refractivity contribution in [2.45, 2.75) is 32.1 Å². The molecule has 8 rings (SSSR count). The van der Waals surface area contributed by atoms with Crippen molar-refractivity contribution in [2.24, 2.45) is 0 Å². The summed E-state index contributed by atoms with van der Waals surface area (Å²) < 4.78 is 0. The van der Waals surface area contributed by atoms with Gasteiger partial charge in [0.25, 0.3) is 0 Å². The molecule has 0 atom stereocenters. The number of benzene rings is 6. The highest BCUT2D eigenvalue weighted by Gasteiger charge is 2.37. The lowest BCUT2D eigenvalue weighted by Crippen LogP contribution is -2.15. The van der Waals surface area contributed by atoms with Crippen LogP contribution in [0, 0.1) is 0 Å². The molecule has 0 unspecified atom stereocenters. The summed E-state index contributed by atoms with van der Waals surface area (Å²) in [5.41, 5.74) is 13.9. The minimum absolute atomic E-state index is 0.0511. The number of hydrogen-bond acceptors (Lipinski definition) is 0. The van der Waals surface area contributed by atoms with E-state index in [9.17, 15) is 0 Å². The van der Waals surface area contributed by atoms with Gasteiger partial charge in [0.15, 0.2) is 0 Å². The van der Waals surface area contributed by atoms with E-state index < -0.39 is 0 Å². The van der Waals surface area contributed by atoms with Gasteiger partial charge in [-0.15, -0.1) is 0 Å². The monoisotopic (exact) mass is 498 g/mol. The topological polar surface area (TPSA) is 0 Å². The fraction of sp³-hybridized carbons (Fsp3) is 0.128. The van der Waals surface area contributed by atoms with Gasteiger partial charge in [0.1, 0.15) is 0 Å². The maximum atomic E-state index is 2.54. The zero-order chi connectivity index (χ0) is 26.1. The molecule has 186 valence electrons. The first-order chi connectivity index (χ1) is 19.1. The molecule has 2 aliphatic carbocycles. The summed E-state index contributed by atoms with van der Waals surface area (Å²) in [5, 5.41) is 5.39. The van der Waals surface area contributed by atoms with Crippen LogP contribution >= 0.6 is 0 Å². The smallest absolute Gasteiger partial charge is 0.0159 e. The predicted molar refractivity (Wildman–Crippen MR) is 167 cm³/mol. The van der Waals surface area contributed by atoms with Crippen LogP contribution in [0.3, 0.4) is 0 Å². The Kier molecular flexibility index (Phi) is 4.79. The van der Waals surface area contributed by atoms with Crippen molar-refractivity contribution >= 4 is 27.6 Å². The fourth-order valence-corrected chi connectivity index (χ4v) is 7.36. The molecular weight excluding hydrogens is 468 g/mol. The van der Waals surface area contributed by atoms with Crippen molar-refractivity contribution in [3.8, 4) is 33.4 Å². The molecule has 0 heteroatoms. The summed E-state index contributed by atoms with van der Waals surface area (Å²) >= 11 is 0. The van der Waals surface area contributed by atoms with E-state index in [2.05, 4.69) is 135 Å². The fourth-order valence-electron chi connectivity index (χ4n) is 7.36. The van der Waals surface area contributed by atoms with E-state index in [1.807, 2.05) is 0 Å². The molecule has 0 aromatic heterocycles. The van der Waals surface area contributed by atoms with Gasteiger partial charge in [-0.25, -0.2) is 0 Å². The van der Waals surface area contributed by atoms with Gasteiger partial charge >= 0.3 is 0 Å². The quantitative estimate of drug-likeness (QED) is 0.223. The van der Waals surface area contributed by atoms with Gasteiger partial charge in [0, 0.05) is 5.41 Å². The average molecular weight is 499 g/mol. The van der Waals surface area contributed by atoms with Gasteiger partial charge in [-0.3, -0.25) is 0 Å². The number of rotatable bonds is 2. The van der Waals surface area contributed by atoms with Crippen molar-refractivity contribution in [1.82, 2.24) is 0 Å². The lowest BCUT2D eigenvalue weighted by atomic mass is 9.77. The van der Waals surface area contributed by atoms with E-state index in [1.54, 1.807) is 0 Å². The maximum absolute atomic E-state index is 2.54. The third-order valence-electron chi connectivity index (χ3n) is 9.13. The number of allylic oxidation sites excluding steroid dienone is 1. The normalized spacial score (nSPS) is 14.8. The van der Waals surface area contributed by atoms with Crippen LogP contribution in [-0.4, -0.2) is 0 Å². The number of fused-ring (bicyclic) bond motifs is 7. The van der Waals surface area contributed by atoms with Crippen LogP contribution in [0.15, 0.2) is 115 Å². The van der Waals surface area contributed by atoms with E-state index in [0.29, 0.717) is 0 Å². The van der Waals surface area contributed by atoms with E-state index in [4.69, 9.17) is 0 Å². The minimum Gasteiger partial charge on any atom is -0.0836 e. The molecule has 39 heavy (non-hydrogen) atoms. The Labute approximate surface area is 230 Å². The van der Waals surface area contributed by atoms with Crippen molar-refractivity contribution in [2.75, 3.05) is 0 Å². The molecular formula is C39H30.